The fourth-order valence-corrected chi connectivity index (χ4v) is 2.40. The monoisotopic (exact) mass is 292 g/mol. The first-order valence-corrected chi connectivity index (χ1v) is 6.97. The Morgan fingerprint density at radius 3 is 2.85 bits per heavy atom. The molecule has 2 heterocycles. The van der Waals surface area contributed by atoms with Crippen LogP contribution in [-0.2, 0) is 4.74 Å². The van der Waals surface area contributed by atoms with E-state index in [4.69, 9.17) is 10.5 Å². The quantitative estimate of drug-likeness (QED) is 0.842. The first kappa shape index (κ1) is 14.3. The first-order chi connectivity index (χ1) is 9.52. The van der Waals surface area contributed by atoms with E-state index in [-0.39, 0.29) is 5.69 Å². The lowest BCUT2D eigenvalue weighted by Crippen LogP contribution is -2.10. The number of aromatic nitrogens is 2. The summed E-state index contributed by atoms with van der Waals surface area (Å²) < 4.78 is 4.95. The normalized spacial score (nSPS) is 10.3. The number of nitrogens with zero attached hydrogens (tertiary/aromatic N) is 2. The van der Waals surface area contributed by atoms with Gasteiger partial charge in [-0.1, -0.05) is 0 Å². The molecule has 0 radical (unpaired) electrons. The molecule has 0 saturated heterocycles. The van der Waals surface area contributed by atoms with Crippen LogP contribution in [0.3, 0.4) is 0 Å². The number of hydrogen-bond acceptors (Lipinski definition) is 7. The highest BCUT2D eigenvalue weighted by Crippen LogP contribution is 2.28. The molecule has 7 heteroatoms. The molecular formula is C13H16N4O2S. The molecule has 3 N–H and O–H groups in total. The maximum absolute atomic E-state index is 11.8. The molecule has 0 aliphatic carbocycles. The minimum Gasteiger partial charge on any atom is -0.462 e. The molecule has 0 spiro atoms. The number of esters is 1. The molecule has 0 saturated carbocycles. The van der Waals surface area contributed by atoms with Crippen LogP contribution < -0.4 is 11.1 Å². The van der Waals surface area contributed by atoms with Crippen molar-refractivity contribution in [2.75, 3.05) is 17.7 Å². The number of hydrogen-bond donors (Lipinski definition) is 2. The largest absolute Gasteiger partial charge is 0.462 e. The van der Waals surface area contributed by atoms with Crippen LogP contribution >= 0.6 is 11.3 Å². The summed E-state index contributed by atoms with van der Waals surface area (Å²) in [6.07, 6.45) is 1.51. The zero-order valence-electron chi connectivity index (χ0n) is 11.6. The number of nitrogen functional groups attached to an aromatic ring is 1. The molecule has 0 amide bonds. The molecule has 0 atom stereocenters. The van der Waals surface area contributed by atoms with Gasteiger partial charge in [0.05, 0.1) is 23.6 Å². The first-order valence-electron chi connectivity index (χ1n) is 6.15. The fraction of sp³-hybridized carbons (Fsp3) is 0.308. The number of nitrogens with one attached hydrogen (secondary N) is 1. The van der Waals surface area contributed by atoms with E-state index in [1.807, 2.05) is 13.8 Å². The summed E-state index contributed by atoms with van der Waals surface area (Å²) in [5.74, 6) is -0.0498. The van der Waals surface area contributed by atoms with Crippen LogP contribution in [0.1, 0.15) is 27.9 Å². The third-order valence-electron chi connectivity index (χ3n) is 2.74. The third-order valence-corrected chi connectivity index (χ3v) is 3.73. The van der Waals surface area contributed by atoms with Gasteiger partial charge in [0.25, 0.3) is 0 Å². The van der Waals surface area contributed by atoms with Crippen molar-refractivity contribution in [1.29, 1.82) is 0 Å². The summed E-state index contributed by atoms with van der Waals surface area (Å²) in [4.78, 5) is 21.4. The van der Waals surface area contributed by atoms with Gasteiger partial charge in [-0.15, -0.1) is 11.3 Å². The summed E-state index contributed by atoms with van der Waals surface area (Å²) in [7, 11) is 0. The Bertz CT molecular complexity index is 620. The number of nitrogens with two attached hydrogens (primary N) is 1. The number of carbonyl (C=O) groups excluding carboxylic acids is 1. The van der Waals surface area contributed by atoms with Gasteiger partial charge in [-0.2, -0.15) is 0 Å². The standard InChI is InChI=1S/C13H16N4O2S/c1-4-19-12(18)9-5-6-15-11(10(9)14)17-13-16-7(2)8(3)20-13/h5-6H,4,14H2,1-3H3,(H,15,16,17). The zero-order valence-corrected chi connectivity index (χ0v) is 12.4. The van der Waals surface area contributed by atoms with Crippen molar-refractivity contribution in [2.45, 2.75) is 20.8 Å². The van der Waals surface area contributed by atoms with Crippen LogP contribution in [-0.4, -0.2) is 22.5 Å². The van der Waals surface area contributed by atoms with Gasteiger partial charge in [0.2, 0.25) is 0 Å². The molecule has 0 aliphatic heterocycles. The van der Waals surface area contributed by atoms with Gasteiger partial charge in [0.1, 0.15) is 0 Å². The Labute approximate surface area is 121 Å². The van der Waals surface area contributed by atoms with Crippen molar-refractivity contribution in [2.24, 2.45) is 0 Å². The van der Waals surface area contributed by atoms with Crippen LogP contribution in [0.4, 0.5) is 16.6 Å². The van der Waals surface area contributed by atoms with E-state index in [1.165, 1.54) is 23.6 Å². The van der Waals surface area contributed by atoms with Gasteiger partial charge in [-0.3, -0.25) is 0 Å². The number of rotatable bonds is 4. The highest BCUT2D eigenvalue weighted by atomic mass is 32.1. The van der Waals surface area contributed by atoms with Gasteiger partial charge in [-0.05, 0) is 26.8 Å². The van der Waals surface area contributed by atoms with Gasteiger partial charge < -0.3 is 15.8 Å². The summed E-state index contributed by atoms with van der Waals surface area (Å²) in [6.45, 7) is 5.97. The fourth-order valence-electron chi connectivity index (χ4n) is 1.59. The molecule has 0 aromatic carbocycles. The summed E-state index contributed by atoms with van der Waals surface area (Å²) in [5.41, 5.74) is 7.48. The zero-order chi connectivity index (χ0) is 14.7. The number of carbonyl (C=O) groups is 1. The van der Waals surface area contributed by atoms with Gasteiger partial charge in [-0.25, -0.2) is 14.8 Å². The maximum atomic E-state index is 11.8. The van der Waals surface area contributed by atoms with E-state index in [1.54, 1.807) is 6.92 Å². The van der Waals surface area contributed by atoms with E-state index < -0.39 is 5.97 Å². The van der Waals surface area contributed by atoms with Crippen LogP contribution in [0.5, 0.6) is 0 Å². The SMILES string of the molecule is CCOC(=O)c1ccnc(Nc2nc(C)c(C)s2)c1N. The second-order valence-electron chi connectivity index (χ2n) is 4.13. The Kier molecular flexibility index (Phi) is 4.19. The van der Waals surface area contributed by atoms with Crippen molar-refractivity contribution < 1.29 is 9.53 Å². The minimum atomic E-state index is -0.457. The summed E-state index contributed by atoms with van der Waals surface area (Å²) >= 11 is 1.51. The van der Waals surface area contributed by atoms with Crippen LogP contribution in [0, 0.1) is 13.8 Å². The van der Waals surface area contributed by atoms with Gasteiger partial charge in [0.15, 0.2) is 10.9 Å². The van der Waals surface area contributed by atoms with Crippen molar-refractivity contribution in [1.82, 2.24) is 9.97 Å². The number of thiazole rings is 1. The third kappa shape index (κ3) is 2.88. The molecular weight excluding hydrogens is 276 g/mol. The Morgan fingerprint density at radius 1 is 1.50 bits per heavy atom. The van der Waals surface area contributed by atoms with Crippen molar-refractivity contribution in [3.8, 4) is 0 Å². The van der Waals surface area contributed by atoms with E-state index in [0.29, 0.717) is 23.1 Å². The lowest BCUT2D eigenvalue weighted by atomic mass is 10.2. The Morgan fingerprint density at radius 2 is 2.25 bits per heavy atom. The average molecular weight is 292 g/mol. The van der Waals surface area contributed by atoms with Crippen LogP contribution in [0.25, 0.3) is 0 Å². The van der Waals surface area contributed by atoms with E-state index in [2.05, 4.69) is 15.3 Å². The molecule has 2 rings (SSSR count). The second kappa shape index (κ2) is 5.87. The van der Waals surface area contributed by atoms with Crippen LogP contribution in [0.15, 0.2) is 12.3 Å². The molecule has 0 aliphatic rings. The number of aryl methyl sites for hydroxylation is 2. The lowest BCUT2D eigenvalue weighted by Gasteiger charge is -2.09. The van der Waals surface area contributed by atoms with Crippen molar-refractivity contribution in [3.63, 3.8) is 0 Å². The highest BCUT2D eigenvalue weighted by molar-refractivity contribution is 7.15. The average Bonchev–Trinajstić information content (AvgIpc) is 2.71. The predicted octanol–water partition coefficient (Wildman–Crippen LogP) is 2.66. The highest BCUT2D eigenvalue weighted by Gasteiger charge is 2.15. The molecule has 0 unspecified atom stereocenters. The minimum absolute atomic E-state index is 0.261. The smallest absolute Gasteiger partial charge is 0.340 e. The predicted molar refractivity (Wildman–Crippen MR) is 79.5 cm³/mol. The topological polar surface area (TPSA) is 90.1 Å². The Hall–Kier alpha value is -2.15. The summed E-state index contributed by atoms with van der Waals surface area (Å²) in [6, 6.07) is 1.54. The number of anilines is 3. The Balaban J connectivity index is 2.28. The van der Waals surface area contributed by atoms with Crippen molar-refractivity contribution in [3.05, 3.63) is 28.4 Å². The molecule has 0 bridgehead atoms. The number of ether oxygens (including phenoxy) is 1. The lowest BCUT2D eigenvalue weighted by molar-refractivity contribution is 0.0527. The second-order valence-corrected chi connectivity index (χ2v) is 5.33. The van der Waals surface area contributed by atoms with E-state index in [9.17, 15) is 4.79 Å². The van der Waals surface area contributed by atoms with E-state index >= 15 is 0 Å². The van der Waals surface area contributed by atoms with Gasteiger partial charge >= 0.3 is 5.97 Å². The maximum Gasteiger partial charge on any atom is 0.340 e. The molecule has 6 nitrogen and oxygen atoms in total. The van der Waals surface area contributed by atoms with Crippen LogP contribution in [0.2, 0.25) is 0 Å². The number of pyridine rings is 1. The molecule has 0 fully saturated rings. The van der Waals surface area contributed by atoms with E-state index in [0.717, 1.165) is 10.6 Å². The molecule has 2 aromatic heterocycles. The van der Waals surface area contributed by atoms with Crippen molar-refractivity contribution >= 4 is 33.9 Å². The molecule has 20 heavy (non-hydrogen) atoms. The van der Waals surface area contributed by atoms with Gasteiger partial charge in [0, 0.05) is 11.1 Å². The molecule has 106 valence electrons. The summed E-state index contributed by atoms with van der Waals surface area (Å²) in [5, 5.41) is 3.73. The molecule has 2 aromatic rings.